The van der Waals surface area contributed by atoms with E-state index in [4.69, 9.17) is 16.3 Å². The molecule has 5 nitrogen and oxygen atoms in total. The van der Waals surface area contributed by atoms with Gasteiger partial charge in [0.25, 0.3) is 0 Å². The van der Waals surface area contributed by atoms with Crippen LogP contribution in [-0.2, 0) is 9.53 Å². The molecule has 1 aliphatic rings. The summed E-state index contributed by atoms with van der Waals surface area (Å²) in [6.07, 6.45) is 1.46. The minimum atomic E-state index is -0.224. The van der Waals surface area contributed by atoms with Crippen molar-refractivity contribution in [1.29, 1.82) is 0 Å². The number of ketones is 1. The number of rotatable bonds is 5. The van der Waals surface area contributed by atoms with E-state index in [1.54, 1.807) is 0 Å². The molecule has 6 heteroatoms. The fourth-order valence-electron chi connectivity index (χ4n) is 4.08. The second-order valence-corrected chi connectivity index (χ2v) is 7.91. The summed E-state index contributed by atoms with van der Waals surface area (Å²) in [7, 11) is 1.43. The number of methoxy groups -OCH3 is 1. The van der Waals surface area contributed by atoms with Gasteiger partial charge < -0.3 is 9.30 Å². The van der Waals surface area contributed by atoms with Crippen molar-refractivity contribution in [3.05, 3.63) is 52.3 Å². The molecule has 1 saturated heterocycles. The second-order valence-electron chi connectivity index (χ2n) is 7.47. The molecule has 28 heavy (non-hydrogen) atoms. The minimum Gasteiger partial charge on any atom is -0.469 e. The van der Waals surface area contributed by atoms with Gasteiger partial charge in [-0.3, -0.25) is 14.5 Å². The van der Waals surface area contributed by atoms with E-state index < -0.39 is 0 Å². The lowest BCUT2D eigenvalue weighted by Crippen LogP contribution is -2.45. The number of halogens is 1. The second kappa shape index (κ2) is 8.50. The first-order valence-corrected chi connectivity index (χ1v) is 10.0. The first kappa shape index (κ1) is 20.6. The molecule has 0 bridgehead atoms. The highest BCUT2D eigenvalue weighted by Gasteiger charge is 2.31. The quantitative estimate of drug-likeness (QED) is 0.555. The number of hydrogen-bond acceptors (Lipinski definition) is 4. The summed E-state index contributed by atoms with van der Waals surface area (Å²) in [5.74, 6) is -0.0894. The molecule has 1 atom stereocenters. The van der Waals surface area contributed by atoms with Gasteiger partial charge in [-0.25, -0.2) is 0 Å². The molecule has 0 amide bonds. The number of hydrogen-bond donors (Lipinski definition) is 0. The first-order chi connectivity index (χ1) is 13.3. The van der Waals surface area contributed by atoms with Crippen LogP contribution in [0.15, 0.2) is 30.3 Å². The van der Waals surface area contributed by atoms with E-state index >= 15 is 0 Å². The molecule has 1 fully saturated rings. The van der Waals surface area contributed by atoms with Gasteiger partial charge in [-0.1, -0.05) is 11.6 Å². The predicted molar refractivity (Wildman–Crippen MR) is 110 cm³/mol. The SMILES string of the molecule is COC(=O)C1CCN([C@@H](C)C(=O)c2cc(C)n(-c3ccc(Cl)cc3)c2C)CC1. The molecule has 2 heterocycles. The van der Waals surface area contributed by atoms with Gasteiger partial charge in [0, 0.05) is 27.7 Å². The van der Waals surface area contributed by atoms with Gasteiger partial charge in [-0.05, 0) is 77.0 Å². The van der Waals surface area contributed by atoms with Crippen molar-refractivity contribution in [2.75, 3.05) is 20.2 Å². The molecule has 0 aliphatic carbocycles. The van der Waals surface area contributed by atoms with Crippen LogP contribution < -0.4 is 0 Å². The van der Waals surface area contributed by atoms with Crippen LogP contribution in [0.1, 0.15) is 41.5 Å². The number of ether oxygens (including phenoxy) is 1. The van der Waals surface area contributed by atoms with E-state index in [0.717, 1.165) is 48.6 Å². The molecule has 0 saturated carbocycles. The zero-order valence-corrected chi connectivity index (χ0v) is 17.6. The lowest BCUT2D eigenvalue weighted by atomic mass is 9.94. The normalized spacial score (nSPS) is 16.8. The van der Waals surface area contributed by atoms with Crippen LogP contribution in [0.3, 0.4) is 0 Å². The lowest BCUT2D eigenvalue weighted by Gasteiger charge is -2.34. The number of aromatic nitrogens is 1. The molecule has 150 valence electrons. The van der Waals surface area contributed by atoms with Crippen LogP contribution in [0.4, 0.5) is 0 Å². The third-order valence-electron chi connectivity index (χ3n) is 5.77. The van der Waals surface area contributed by atoms with E-state index in [1.165, 1.54) is 7.11 Å². The van der Waals surface area contributed by atoms with Crippen molar-refractivity contribution >= 4 is 23.4 Å². The van der Waals surface area contributed by atoms with Gasteiger partial charge in [0.05, 0.1) is 19.1 Å². The van der Waals surface area contributed by atoms with E-state index in [0.29, 0.717) is 5.02 Å². The molecular formula is C22H27ClN2O3. The fourth-order valence-corrected chi connectivity index (χ4v) is 4.21. The molecular weight excluding hydrogens is 376 g/mol. The molecule has 1 aromatic carbocycles. The Morgan fingerprint density at radius 2 is 1.75 bits per heavy atom. The Labute approximate surface area is 171 Å². The van der Waals surface area contributed by atoms with Crippen LogP contribution in [0.5, 0.6) is 0 Å². The zero-order valence-electron chi connectivity index (χ0n) is 16.9. The standard InChI is InChI=1S/C22H27ClN2O3/c1-14-13-20(15(2)25(14)19-7-5-18(23)6-8-19)21(26)16(3)24-11-9-17(10-12-24)22(27)28-4/h5-8,13,16-17H,9-12H2,1-4H3/t16-/m0/s1. The molecule has 1 aromatic heterocycles. The number of carbonyl (C=O) groups is 2. The number of aryl methyl sites for hydroxylation is 1. The highest BCUT2D eigenvalue weighted by molar-refractivity contribution is 6.30. The Morgan fingerprint density at radius 1 is 1.14 bits per heavy atom. The van der Waals surface area contributed by atoms with Crippen LogP contribution in [0.2, 0.25) is 5.02 Å². The summed E-state index contributed by atoms with van der Waals surface area (Å²) in [6.45, 7) is 7.39. The number of esters is 1. The molecule has 2 aromatic rings. The molecule has 0 unspecified atom stereocenters. The van der Waals surface area contributed by atoms with Crippen molar-refractivity contribution in [1.82, 2.24) is 9.47 Å². The Bertz CT molecular complexity index is 865. The van der Waals surface area contributed by atoms with Gasteiger partial charge in [0.2, 0.25) is 0 Å². The Balaban J connectivity index is 1.77. The third kappa shape index (κ3) is 4.01. The molecule has 0 N–H and O–H groups in total. The Kier molecular flexibility index (Phi) is 6.26. The van der Waals surface area contributed by atoms with E-state index in [9.17, 15) is 9.59 Å². The summed E-state index contributed by atoms with van der Waals surface area (Å²) in [6, 6.07) is 9.35. The molecule has 3 rings (SSSR count). The number of carbonyl (C=O) groups excluding carboxylic acids is 2. The van der Waals surface area contributed by atoms with Gasteiger partial charge in [0.15, 0.2) is 5.78 Å². The Morgan fingerprint density at radius 3 is 2.32 bits per heavy atom. The van der Waals surface area contributed by atoms with Gasteiger partial charge in [0.1, 0.15) is 0 Å². The monoisotopic (exact) mass is 402 g/mol. The largest absolute Gasteiger partial charge is 0.469 e. The van der Waals surface area contributed by atoms with Crippen molar-refractivity contribution in [2.24, 2.45) is 5.92 Å². The predicted octanol–water partition coefficient (Wildman–Crippen LogP) is 4.20. The summed E-state index contributed by atoms with van der Waals surface area (Å²) < 4.78 is 6.93. The van der Waals surface area contributed by atoms with Crippen molar-refractivity contribution in [3.8, 4) is 5.69 Å². The summed E-state index contributed by atoms with van der Waals surface area (Å²) in [5.41, 5.74) is 3.68. The molecule has 0 spiro atoms. The highest BCUT2D eigenvalue weighted by Crippen LogP contribution is 2.26. The van der Waals surface area contributed by atoms with Gasteiger partial charge in [-0.2, -0.15) is 0 Å². The van der Waals surface area contributed by atoms with Crippen molar-refractivity contribution < 1.29 is 14.3 Å². The maximum atomic E-state index is 13.2. The van der Waals surface area contributed by atoms with E-state index in [2.05, 4.69) is 9.47 Å². The fraction of sp³-hybridized carbons (Fsp3) is 0.455. The average molecular weight is 403 g/mol. The van der Waals surface area contributed by atoms with E-state index in [1.807, 2.05) is 51.1 Å². The third-order valence-corrected chi connectivity index (χ3v) is 6.02. The molecule has 0 radical (unpaired) electrons. The van der Waals surface area contributed by atoms with Crippen LogP contribution >= 0.6 is 11.6 Å². The average Bonchev–Trinajstić information content (AvgIpc) is 3.01. The maximum absolute atomic E-state index is 13.2. The number of nitrogens with zero attached hydrogens (tertiary/aromatic N) is 2. The lowest BCUT2D eigenvalue weighted by molar-refractivity contribution is -0.147. The van der Waals surface area contributed by atoms with Crippen LogP contribution in [0.25, 0.3) is 5.69 Å². The zero-order chi connectivity index (χ0) is 20.4. The number of piperidine rings is 1. The van der Waals surface area contributed by atoms with E-state index in [-0.39, 0.29) is 23.7 Å². The number of likely N-dealkylation sites (tertiary alicyclic amines) is 1. The summed E-state index contributed by atoms with van der Waals surface area (Å²) >= 11 is 6.00. The summed E-state index contributed by atoms with van der Waals surface area (Å²) in [5, 5.41) is 0.687. The van der Waals surface area contributed by atoms with Crippen LogP contribution in [0, 0.1) is 19.8 Å². The topological polar surface area (TPSA) is 51.5 Å². The van der Waals surface area contributed by atoms with Crippen molar-refractivity contribution in [3.63, 3.8) is 0 Å². The number of benzene rings is 1. The Hall–Kier alpha value is -2.11. The maximum Gasteiger partial charge on any atom is 0.308 e. The smallest absolute Gasteiger partial charge is 0.308 e. The van der Waals surface area contributed by atoms with Gasteiger partial charge >= 0.3 is 5.97 Å². The van der Waals surface area contributed by atoms with Crippen molar-refractivity contribution in [2.45, 2.75) is 39.7 Å². The minimum absolute atomic E-state index is 0.0569. The van der Waals surface area contributed by atoms with Crippen LogP contribution in [-0.4, -0.2) is 47.5 Å². The first-order valence-electron chi connectivity index (χ1n) is 9.64. The highest BCUT2D eigenvalue weighted by atomic mass is 35.5. The van der Waals surface area contributed by atoms with Gasteiger partial charge in [-0.15, -0.1) is 0 Å². The molecule has 1 aliphatic heterocycles. The number of Topliss-reactive ketones (excluding diaryl/α,β-unsaturated/α-hetero) is 1. The summed E-state index contributed by atoms with van der Waals surface area (Å²) in [4.78, 5) is 27.1.